The Kier molecular flexibility index (Phi) is 7.35. The van der Waals surface area contributed by atoms with Gasteiger partial charge in [0.15, 0.2) is 5.76 Å². The molecule has 9 heteroatoms. The van der Waals surface area contributed by atoms with Gasteiger partial charge in [-0.25, -0.2) is 8.42 Å². The van der Waals surface area contributed by atoms with E-state index in [4.69, 9.17) is 13.9 Å². The molecule has 1 N–H and O–H groups in total. The number of methoxy groups -OCH3 is 1. The number of aryl methyl sites for hydroxylation is 1. The fraction of sp³-hybridized carbons (Fsp3) is 0.320. The Labute approximate surface area is 199 Å². The SMILES string of the molecule is COc1ccc(C(CNC(=O)c2ccc(S(=O)(=O)c3ccc(C)cc3)o2)N2CCOCC2)cc1. The number of nitrogens with zero attached hydrogens (tertiary/aromatic N) is 1. The lowest BCUT2D eigenvalue weighted by Gasteiger charge is -2.34. The van der Waals surface area contributed by atoms with Crippen molar-refractivity contribution in [2.75, 3.05) is 40.0 Å². The van der Waals surface area contributed by atoms with Crippen LogP contribution in [0.1, 0.15) is 27.7 Å². The van der Waals surface area contributed by atoms with Gasteiger partial charge in [-0.15, -0.1) is 0 Å². The third-order valence-electron chi connectivity index (χ3n) is 5.84. The lowest BCUT2D eigenvalue weighted by Crippen LogP contribution is -2.43. The number of hydrogen-bond acceptors (Lipinski definition) is 7. The molecule has 0 bridgehead atoms. The highest BCUT2D eigenvalue weighted by Crippen LogP contribution is 2.25. The first-order chi connectivity index (χ1) is 16.4. The molecular formula is C25H28N2O6S. The summed E-state index contributed by atoms with van der Waals surface area (Å²) in [6.45, 7) is 4.93. The highest BCUT2D eigenvalue weighted by molar-refractivity contribution is 7.91. The van der Waals surface area contributed by atoms with Crippen molar-refractivity contribution in [3.8, 4) is 5.75 Å². The minimum Gasteiger partial charge on any atom is -0.497 e. The molecule has 34 heavy (non-hydrogen) atoms. The van der Waals surface area contributed by atoms with Gasteiger partial charge < -0.3 is 19.2 Å². The predicted octanol–water partition coefficient (Wildman–Crippen LogP) is 3.23. The summed E-state index contributed by atoms with van der Waals surface area (Å²) in [4.78, 5) is 15.2. The van der Waals surface area contributed by atoms with Gasteiger partial charge in [-0.3, -0.25) is 9.69 Å². The first kappa shape index (κ1) is 24.0. The Morgan fingerprint density at radius 3 is 2.35 bits per heavy atom. The summed E-state index contributed by atoms with van der Waals surface area (Å²) >= 11 is 0. The largest absolute Gasteiger partial charge is 0.497 e. The lowest BCUT2D eigenvalue weighted by atomic mass is 10.0. The van der Waals surface area contributed by atoms with Gasteiger partial charge in [-0.05, 0) is 48.9 Å². The number of amides is 1. The fourth-order valence-electron chi connectivity index (χ4n) is 3.87. The quantitative estimate of drug-likeness (QED) is 0.524. The van der Waals surface area contributed by atoms with E-state index in [0.29, 0.717) is 19.8 Å². The number of rotatable bonds is 8. The van der Waals surface area contributed by atoms with Crippen LogP contribution in [0, 0.1) is 6.92 Å². The van der Waals surface area contributed by atoms with Gasteiger partial charge in [0, 0.05) is 19.6 Å². The van der Waals surface area contributed by atoms with Crippen molar-refractivity contribution in [2.45, 2.75) is 23.0 Å². The topological polar surface area (TPSA) is 98.1 Å². The van der Waals surface area contributed by atoms with E-state index in [1.807, 2.05) is 31.2 Å². The second-order valence-corrected chi connectivity index (χ2v) is 9.96. The zero-order valence-corrected chi connectivity index (χ0v) is 20.0. The summed E-state index contributed by atoms with van der Waals surface area (Å²) in [6, 6.07) is 16.8. The lowest BCUT2D eigenvalue weighted by molar-refractivity contribution is 0.0161. The molecule has 0 radical (unpaired) electrons. The van der Waals surface area contributed by atoms with Gasteiger partial charge in [0.05, 0.1) is 31.3 Å². The van der Waals surface area contributed by atoms with Gasteiger partial charge in [0.2, 0.25) is 14.9 Å². The molecule has 1 unspecified atom stereocenters. The van der Waals surface area contributed by atoms with Gasteiger partial charge in [0.25, 0.3) is 5.91 Å². The Morgan fingerprint density at radius 1 is 1.03 bits per heavy atom. The molecule has 1 aromatic heterocycles. The molecule has 1 atom stereocenters. The number of carbonyl (C=O) groups is 1. The van der Waals surface area contributed by atoms with Crippen molar-refractivity contribution in [3.05, 3.63) is 77.6 Å². The van der Waals surface area contributed by atoms with E-state index < -0.39 is 15.7 Å². The van der Waals surface area contributed by atoms with E-state index in [1.165, 1.54) is 24.3 Å². The predicted molar refractivity (Wildman–Crippen MR) is 126 cm³/mol. The first-order valence-electron chi connectivity index (χ1n) is 11.0. The molecule has 2 aromatic carbocycles. The van der Waals surface area contributed by atoms with Crippen LogP contribution < -0.4 is 10.1 Å². The van der Waals surface area contributed by atoms with Crippen LogP contribution in [-0.4, -0.2) is 59.2 Å². The van der Waals surface area contributed by atoms with E-state index in [2.05, 4.69) is 10.2 Å². The second kappa shape index (κ2) is 10.4. The van der Waals surface area contributed by atoms with Crippen LogP contribution in [0.2, 0.25) is 0 Å². The monoisotopic (exact) mass is 484 g/mol. The minimum atomic E-state index is -3.85. The number of hydrogen-bond donors (Lipinski definition) is 1. The number of ether oxygens (including phenoxy) is 2. The summed E-state index contributed by atoms with van der Waals surface area (Å²) < 4.78 is 41.9. The van der Waals surface area contributed by atoms with Gasteiger partial charge in [-0.1, -0.05) is 29.8 Å². The van der Waals surface area contributed by atoms with Gasteiger partial charge in [-0.2, -0.15) is 0 Å². The highest BCUT2D eigenvalue weighted by atomic mass is 32.2. The van der Waals surface area contributed by atoms with Gasteiger partial charge >= 0.3 is 0 Å². The number of carbonyl (C=O) groups excluding carboxylic acids is 1. The average Bonchev–Trinajstić information content (AvgIpc) is 3.37. The Bertz CT molecular complexity index is 1210. The molecule has 1 fully saturated rings. The molecule has 1 aliphatic heterocycles. The third kappa shape index (κ3) is 5.32. The number of furan rings is 1. The molecule has 8 nitrogen and oxygen atoms in total. The van der Waals surface area contributed by atoms with Crippen molar-refractivity contribution in [2.24, 2.45) is 0 Å². The van der Waals surface area contributed by atoms with Crippen molar-refractivity contribution < 1.29 is 27.1 Å². The molecule has 1 saturated heterocycles. The molecule has 1 amide bonds. The fourth-order valence-corrected chi connectivity index (χ4v) is 5.04. The zero-order chi connectivity index (χ0) is 24.1. The Morgan fingerprint density at radius 2 is 1.71 bits per heavy atom. The normalized spacial score (nSPS) is 15.6. The highest BCUT2D eigenvalue weighted by Gasteiger charge is 2.26. The number of sulfone groups is 1. The maximum Gasteiger partial charge on any atom is 0.287 e. The van der Waals surface area contributed by atoms with Crippen LogP contribution >= 0.6 is 0 Å². The average molecular weight is 485 g/mol. The van der Waals surface area contributed by atoms with Crippen LogP contribution in [-0.2, 0) is 14.6 Å². The van der Waals surface area contributed by atoms with Crippen LogP contribution in [0.4, 0.5) is 0 Å². The summed E-state index contributed by atoms with van der Waals surface area (Å²) in [5, 5.41) is 2.63. The maximum atomic E-state index is 12.8. The molecule has 0 aliphatic carbocycles. The van der Waals surface area contributed by atoms with E-state index in [9.17, 15) is 13.2 Å². The summed E-state index contributed by atoms with van der Waals surface area (Å²) in [7, 11) is -2.23. The van der Waals surface area contributed by atoms with Crippen molar-refractivity contribution in [1.29, 1.82) is 0 Å². The first-order valence-corrected chi connectivity index (χ1v) is 12.5. The Balaban J connectivity index is 1.48. The van der Waals surface area contributed by atoms with E-state index >= 15 is 0 Å². The smallest absolute Gasteiger partial charge is 0.287 e. The molecule has 0 spiro atoms. The Hall–Kier alpha value is -3.14. The second-order valence-electron chi connectivity index (χ2n) is 8.08. The summed E-state index contributed by atoms with van der Waals surface area (Å²) in [6.07, 6.45) is 0. The molecule has 2 heterocycles. The summed E-state index contributed by atoms with van der Waals surface area (Å²) in [5.74, 6) is 0.227. The number of benzene rings is 2. The minimum absolute atomic E-state index is 0.0545. The van der Waals surface area contributed by atoms with E-state index in [0.717, 1.165) is 30.0 Å². The van der Waals surface area contributed by atoms with Crippen LogP contribution in [0.3, 0.4) is 0 Å². The van der Waals surface area contributed by atoms with Crippen molar-refractivity contribution in [1.82, 2.24) is 10.2 Å². The van der Waals surface area contributed by atoms with Crippen molar-refractivity contribution in [3.63, 3.8) is 0 Å². The summed E-state index contributed by atoms with van der Waals surface area (Å²) in [5.41, 5.74) is 1.98. The number of morpholine rings is 1. The van der Waals surface area contributed by atoms with Crippen LogP contribution in [0.5, 0.6) is 5.75 Å². The van der Waals surface area contributed by atoms with Crippen LogP contribution in [0.25, 0.3) is 0 Å². The molecule has 1 aliphatic rings. The van der Waals surface area contributed by atoms with E-state index in [-0.39, 0.29) is 21.8 Å². The third-order valence-corrected chi connectivity index (χ3v) is 7.49. The molecule has 3 aromatic rings. The molecule has 4 rings (SSSR count). The number of nitrogens with one attached hydrogen (secondary N) is 1. The molecular weight excluding hydrogens is 456 g/mol. The molecule has 180 valence electrons. The van der Waals surface area contributed by atoms with E-state index in [1.54, 1.807) is 19.2 Å². The zero-order valence-electron chi connectivity index (χ0n) is 19.2. The van der Waals surface area contributed by atoms with Crippen LogP contribution in [0.15, 0.2) is 75.1 Å². The molecule has 0 saturated carbocycles. The maximum absolute atomic E-state index is 12.8. The van der Waals surface area contributed by atoms with Gasteiger partial charge in [0.1, 0.15) is 5.75 Å². The standard InChI is InChI=1S/C25H28N2O6S/c1-18-3-9-21(10-4-18)34(29,30)24-12-11-23(33-24)25(28)26-17-22(27-13-15-32-16-14-27)19-5-7-20(31-2)8-6-19/h3-12,22H,13-17H2,1-2H3,(H,26,28). The van der Waals surface area contributed by atoms with Crippen molar-refractivity contribution >= 4 is 15.7 Å².